The van der Waals surface area contributed by atoms with Crippen LogP contribution in [0, 0.1) is 0 Å². The maximum atomic E-state index is 11.6. The Balaban J connectivity index is 2.90. The number of aromatic nitrogens is 1. The first-order valence-corrected chi connectivity index (χ1v) is 4.79. The fourth-order valence-corrected chi connectivity index (χ4v) is 2.17. The van der Waals surface area contributed by atoms with E-state index in [9.17, 15) is 4.79 Å². The highest BCUT2D eigenvalue weighted by Crippen LogP contribution is 2.14. The van der Waals surface area contributed by atoms with Gasteiger partial charge in [-0.05, 0) is 35.9 Å². The Labute approximate surface area is 83.5 Å². The lowest BCUT2D eigenvalue weighted by Crippen LogP contribution is -2.26. The van der Waals surface area contributed by atoms with E-state index in [2.05, 4.69) is 0 Å². The molecular formula is C8H6N2OS2. The van der Waals surface area contributed by atoms with Crippen molar-refractivity contribution >= 4 is 38.9 Å². The zero-order valence-corrected chi connectivity index (χ0v) is 8.19. The molecule has 66 valence electrons. The summed E-state index contributed by atoms with van der Waals surface area (Å²) in [7, 11) is 0. The molecule has 1 heterocycles. The predicted octanol–water partition coefficient (Wildman–Crippen LogP) is 1.15. The van der Waals surface area contributed by atoms with Gasteiger partial charge in [0, 0.05) is 0 Å². The summed E-state index contributed by atoms with van der Waals surface area (Å²) >= 11 is 6.01. The standard InChI is InChI=1S/C8H6N2OS2/c9-8(12)10-7(11)5-3-1-2-4-6(5)13-10/h1-4H,(H2,9,12). The zero-order chi connectivity index (χ0) is 9.42. The Hall–Kier alpha value is -1.20. The number of nitrogens with two attached hydrogens (primary N) is 1. The molecule has 0 aliphatic heterocycles. The Bertz CT molecular complexity index is 526. The predicted molar refractivity (Wildman–Crippen MR) is 58.3 cm³/mol. The van der Waals surface area contributed by atoms with Crippen molar-refractivity contribution in [3.63, 3.8) is 0 Å². The van der Waals surface area contributed by atoms with Crippen LogP contribution in [0.4, 0.5) is 0 Å². The first kappa shape index (κ1) is 8.40. The molecule has 0 unspecified atom stereocenters. The first-order chi connectivity index (χ1) is 6.20. The molecule has 0 fully saturated rings. The maximum Gasteiger partial charge on any atom is 0.275 e. The smallest absolute Gasteiger partial charge is 0.275 e. The molecule has 5 heteroatoms. The van der Waals surface area contributed by atoms with Crippen molar-refractivity contribution in [3.8, 4) is 0 Å². The Morgan fingerprint density at radius 2 is 2.15 bits per heavy atom. The van der Waals surface area contributed by atoms with E-state index in [0.717, 1.165) is 4.70 Å². The van der Waals surface area contributed by atoms with Gasteiger partial charge in [-0.3, -0.25) is 4.79 Å². The molecule has 0 aliphatic carbocycles. The lowest BCUT2D eigenvalue weighted by Gasteiger charge is -1.90. The van der Waals surface area contributed by atoms with Gasteiger partial charge in [-0.25, -0.2) is 3.96 Å². The van der Waals surface area contributed by atoms with E-state index in [-0.39, 0.29) is 10.7 Å². The normalized spacial score (nSPS) is 10.5. The molecule has 1 aromatic heterocycles. The van der Waals surface area contributed by atoms with Crippen LogP contribution >= 0.6 is 23.8 Å². The fraction of sp³-hybridized carbons (Fsp3) is 0. The number of rotatable bonds is 0. The third kappa shape index (κ3) is 1.26. The van der Waals surface area contributed by atoms with E-state index in [4.69, 9.17) is 18.0 Å². The van der Waals surface area contributed by atoms with Gasteiger partial charge in [0.15, 0.2) is 5.11 Å². The SMILES string of the molecule is NC(=S)n1sc2ccccc2c1=O. The lowest BCUT2D eigenvalue weighted by atomic mass is 10.3. The second kappa shape index (κ2) is 2.93. The second-order valence-corrected chi connectivity index (χ2v) is 3.93. The molecule has 2 aromatic rings. The molecule has 0 atom stereocenters. The van der Waals surface area contributed by atoms with E-state index < -0.39 is 0 Å². The van der Waals surface area contributed by atoms with Crippen LogP contribution in [-0.2, 0) is 0 Å². The minimum absolute atomic E-state index is 0.103. The number of thiocarbonyl (C=S) groups is 1. The van der Waals surface area contributed by atoms with Crippen LogP contribution in [0.15, 0.2) is 29.1 Å². The second-order valence-electron chi connectivity index (χ2n) is 2.53. The van der Waals surface area contributed by atoms with E-state index in [1.54, 1.807) is 6.07 Å². The van der Waals surface area contributed by atoms with Gasteiger partial charge in [0.1, 0.15) is 0 Å². The molecule has 0 saturated carbocycles. The van der Waals surface area contributed by atoms with E-state index in [1.165, 1.54) is 15.5 Å². The van der Waals surface area contributed by atoms with Crippen molar-refractivity contribution in [3.05, 3.63) is 34.6 Å². The van der Waals surface area contributed by atoms with Crippen molar-refractivity contribution in [2.24, 2.45) is 5.73 Å². The van der Waals surface area contributed by atoms with Crippen molar-refractivity contribution < 1.29 is 0 Å². The largest absolute Gasteiger partial charge is 0.375 e. The van der Waals surface area contributed by atoms with Crippen LogP contribution in [0.5, 0.6) is 0 Å². The van der Waals surface area contributed by atoms with Gasteiger partial charge in [0.05, 0.1) is 10.1 Å². The topological polar surface area (TPSA) is 48.0 Å². The quantitative estimate of drug-likeness (QED) is 0.664. The van der Waals surface area contributed by atoms with Gasteiger partial charge >= 0.3 is 0 Å². The summed E-state index contributed by atoms with van der Waals surface area (Å²) in [6, 6.07) is 7.33. The summed E-state index contributed by atoms with van der Waals surface area (Å²) in [6.45, 7) is 0. The Morgan fingerprint density at radius 3 is 2.77 bits per heavy atom. The lowest BCUT2D eigenvalue weighted by molar-refractivity contribution is 1.23. The fourth-order valence-electron chi connectivity index (χ4n) is 1.12. The first-order valence-electron chi connectivity index (χ1n) is 3.61. The summed E-state index contributed by atoms with van der Waals surface area (Å²) in [5.41, 5.74) is 5.25. The summed E-state index contributed by atoms with van der Waals surface area (Å²) in [5.74, 6) is 0. The molecule has 13 heavy (non-hydrogen) atoms. The summed E-state index contributed by atoms with van der Waals surface area (Å²) in [5, 5.41) is 0.770. The van der Waals surface area contributed by atoms with Crippen molar-refractivity contribution in [2.75, 3.05) is 0 Å². The highest BCUT2D eigenvalue weighted by molar-refractivity contribution is 7.80. The molecule has 3 nitrogen and oxygen atoms in total. The average Bonchev–Trinajstić information content (AvgIpc) is 2.45. The molecule has 0 aliphatic rings. The molecule has 0 saturated heterocycles. The molecule has 2 N–H and O–H groups in total. The van der Waals surface area contributed by atoms with Crippen molar-refractivity contribution in [1.82, 2.24) is 3.96 Å². The third-order valence-electron chi connectivity index (χ3n) is 1.69. The van der Waals surface area contributed by atoms with Gasteiger partial charge in [0.25, 0.3) is 5.56 Å². The van der Waals surface area contributed by atoms with Crippen LogP contribution in [0.3, 0.4) is 0 Å². The number of hydrogen-bond acceptors (Lipinski definition) is 3. The van der Waals surface area contributed by atoms with Crippen LogP contribution in [0.1, 0.15) is 0 Å². The summed E-state index contributed by atoms with van der Waals surface area (Å²) in [4.78, 5) is 11.6. The number of nitrogens with zero attached hydrogens (tertiary/aromatic N) is 1. The van der Waals surface area contributed by atoms with Gasteiger partial charge in [0.2, 0.25) is 0 Å². The average molecular weight is 210 g/mol. The van der Waals surface area contributed by atoms with Gasteiger partial charge in [-0.1, -0.05) is 12.1 Å². The van der Waals surface area contributed by atoms with Crippen LogP contribution in [0.2, 0.25) is 0 Å². The van der Waals surface area contributed by atoms with Crippen LogP contribution < -0.4 is 11.3 Å². The molecule has 0 spiro atoms. The third-order valence-corrected chi connectivity index (χ3v) is 3.09. The van der Waals surface area contributed by atoms with E-state index >= 15 is 0 Å². The van der Waals surface area contributed by atoms with E-state index in [0.29, 0.717) is 5.39 Å². The summed E-state index contributed by atoms with van der Waals surface area (Å²) in [6.07, 6.45) is 0. The van der Waals surface area contributed by atoms with Crippen LogP contribution in [-0.4, -0.2) is 9.07 Å². The highest BCUT2D eigenvalue weighted by atomic mass is 32.1. The number of fused-ring (bicyclic) bond motifs is 1. The minimum Gasteiger partial charge on any atom is -0.375 e. The summed E-state index contributed by atoms with van der Waals surface area (Å²) < 4.78 is 2.22. The highest BCUT2D eigenvalue weighted by Gasteiger charge is 2.07. The van der Waals surface area contributed by atoms with Gasteiger partial charge in [-0.15, -0.1) is 0 Å². The van der Waals surface area contributed by atoms with Gasteiger partial charge in [-0.2, -0.15) is 0 Å². The molecule has 0 bridgehead atoms. The molecule has 0 radical (unpaired) electrons. The minimum atomic E-state index is -0.131. The number of hydrogen-bond donors (Lipinski definition) is 1. The zero-order valence-electron chi connectivity index (χ0n) is 6.56. The molecule has 1 aromatic carbocycles. The molecule has 0 amide bonds. The molecule has 2 rings (SSSR count). The number of benzene rings is 1. The maximum absolute atomic E-state index is 11.6. The van der Waals surface area contributed by atoms with Crippen LogP contribution in [0.25, 0.3) is 10.1 Å². The van der Waals surface area contributed by atoms with E-state index in [1.807, 2.05) is 18.2 Å². The van der Waals surface area contributed by atoms with Crippen molar-refractivity contribution in [2.45, 2.75) is 0 Å². The Kier molecular flexibility index (Phi) is 1.90. The monoisotopic (exact) mass is 210 g/mol. The molecular weight excluding hydrogens is 204 g/mol. The van der Waals surface area contributed by atoms with Gasteiger partial charge < -0.3 is 5.73 Å². The Morgan fingerprint density at radius 1 is 1.46 bits per heavy atom. The van der Waals surface area contributed by atoms with Crippen molar-refractivity contribution in [1.29, 1.82) is 0 Å².